The first kappa shape index (κ1) is 42.8. The van der Waals surface area contributed by atoms with Crippen molar-refractivity contribution in [2.24, 2.45) is 0 Å². The summed E-state index contributed by atoms with van der Waals surface area (Å²) in [7, 11) is 58.0. The highest BCUT2D eigenvalue weighted by Gasteiger charge is 2.42. The van der Waals surface area contributed by atoms with Crippen molar-refractivity contribution in [2.75, 3.05) is 34.5 Å². The number of halogens is 2. The van der Waals surface area contributed by atoms with Gasteiger partial charge in [0.1, 0.15) is 11.8 Å². The van der Waals surface area contributed by atoms with Crippen molar-refractivity contribution in [3.05, 3.63) is 52.0 Å². The normalized spacial score (nSPS) is 14.9. The zero-order chi connectivity index (χ0) is 34.3. The van der Waals surface area contributed by atoms with Crippen LogP contribution in [-0.4, -0.2) is 166 Å². The van der Waals surface area contributed by atoms with Crippen LogP contribution in [-0.2, 0) is 17.6 Å². The van der Waals surface area contributed by atoms with Crippen LogP contribution >= 0.6 is 11.6 Å². The largest absolute Gasteiger partial charge is 1.00 e. The highest BCUT2D eigenvalue weighted by atomic mass is 127. The van der Waals surface area contributed by atoms with Gasteiger partial charge in [-0.2, -0.15) is 0 Å². The first-order chi connectivity index (χ1) is 21.6. The maximum atomic E-state index is 12.9. The molecule has 5 nitrogen and oxygen atoms in total. The standard InChI is InChI=1S/C23H27ClNO4.B17.HI/c1-25(2)11-10-16-12-20-22(29-14-28-20)23(27-3)21(16)19(25)13-18(26)9-6-15-4-7-17(24)8-5-15;1-10-15(11(2)3)17(14(8)9)16(12(4)5)13(6)7;/h4-5,7-8,12,19H,6,9-11,13-14H2,1-3H3;;1H/q+1;;/p-1. The van der Waals surface area contributed by atoms with Gasteiger partial charge < -0.3 is 42.7 Å². The number of rotatable bonds is 13. The molecule has 0 bridgehead atoms. The molecular weight excluding hydrogens is 700 g/mol. The Bertz CT molecular complexity index is 1310. The summed E-state index contributed by atoms with van der Waals surface area (Å²) >= 11 is 5.95. The van der Waals surface area contributed by atoms with E-state index in [2.05, 4.69) is 20.2 Å². The fourth-order valence-electron chi connectivity index (χ4n) is 6.42. The van der Waals surface area contributed by atoms with Crippen LogP contribution in [0.4, 0.5) is 0 Å². The molecule has 1 atom stereocenters. The van der Waals surface area contributed by atoms with Crippen LogP contribution in [0, 0.1) is 0 Å². The van der Waals surface area contributed by atoms with E-state index in [4.69, 9.17) is 95.4 Å². The molecule has 0 fully saturated rings. The molecule has 2 heterocycles. The van der Waals surface area contributed by atoms with Gasteiger partial charge in [0, 0.05) is 139 Å². The van der Waals surface area contributed by atoms with Gasteiger partial charge >= 0.3 is 0 Å². The van der Waals surface area contributed by atoms with Crippen LogP contribution in [0.5, 0.6) is 17.2 Å². The Hall–Kier alpha value is -0.406. The Morgan fingerprint density at radius 2 is 1.57 bits per heavy atom. The van der Waals surface area contributed by atoms with E-state index in [0.717, 1.165) is 46.5 Å². The smallest absolute Gasteiger partial charge is 0.231 e. The summed E-state index contributed by atoms with van der Waals surface area (Å²) in [6.07, 6.45) is -2.02. The number of hydrogen-bond donors (Lipinski definition) is 0. The second kappa shape index (κ2) is 19.3. The van der Waals surface area contributed by atoms with Gasteiger partial charge in [0.2, 0.25) is 12.5 Å². The number of ether oxygens (including phenoxy) is 3. The van der Waals surface area contributed by atoms with E-state index >= 15 is 0 Å². The van der Waals surface area contributed by atoms with Gasteiger partial charge in [-0.05, 0) is 35.7 Å². The highest BCUT2D eigenvalue weighted by Crippen LogP contribution is 2.51. The summed E-state index contributed by atoms with van der Waals surface area (Å²) in [6, 6.07) is 9.79. The number of carbonyl (C=O) groups is 1. The minimum atomic E-state index is -0.796. The maximum Gasteiger partial charge on any atom is 0.231 e. The van der Waals surface area contributed by atoms with E-state index in [9.17, 15) is 4.79 Å². The Balaban J connectivity index is 0.000000370. The molecule has 4 rings (SSSR count). The van der Waals surface area contributed by atoms with Gasteiger partial charge in [0.25, 0.3) is 0 Å². The summed E-state index contributed by atoms with van der Waals surface area (Å²) in [4.78, 5) is 12.9. The van der Waals surface area contributed by atoms with Crippen LogP contribution in [0.1, 0.15) is 35.6 Å². The molecule has 1 unspecified atom stereocenters. The third-order valence-electron chi connectivity index (χ3n) is 9.00. The van der Waals surface area contributed by atoms with Crippen molar-refractivity contribution in [3.8, 4) is 17.2 Å². The molecule has 0 saturated heterocycles. The van der Waals surface area contributed by atoms with Crippen LogP contribution in [0.15, 0.2) is 30.3 Å². The number of fused-ring (bicyclic) bond motifs is 2. The van der Waals surface area contributed by atoms with E-state index in [1.165, 1.54) is 12.6 Å². The molecule has 47 heavy (non-hydrogen) atoms. The minimum absolute atomic E-state index is 0. The van der Waals surface area contributed by atoms with Crippen LogP contribution in [0.2, 0.25) is 5.02 Å². The van der Waals surface area contributed by atoms with Crippen molar-refractivity contribution in [3.63, 3.8) is 0 Å². The summed E-state index contributed by atoms with van der Waals surface area (Å²) in [5.41, 5.74) is 3.41. The Labute approximate surface area is 319 Å². The minimum Gasteiger partial charge on any atom is -1.00 e. The summed E-state index contributed by atoms with van der Waals surface area (Å²) in [5, 5.41) is 0.712. The van der Waals surface area contributed by atoms with Gasteiger partial charge in [0.05, 0.1) is 39.7 Å². The zero-order valence-corrected chi connectivity index (χ0v) is 30.3. The molecule has 0 spiro atoms. The Kier molecular flexibility index (Phi) is 17.5. The third-order valence-corrected chi connectivity index (χ3v) is 9.25. The van der Waals surface area contributed by atoms with Gasteiger partial charge in [-0.15, -0.1) is 0 Å². The average molecular weight is 728 g/mol. The molecule has 0 aliphatic carbocycles. The molecule has 2 aromatic rings. The van der Waals surface area contributed by atoms with Crippen LogP contribution in [0.3, 0.4) is 0 Å². The van der Waals surface area contributed by atoms with Crippen molar-refractivity contribution >= 4 is 139 Å². The number of hydrogen-bond acceptors (Lipinski definition) is 4. The maximum absolute atomic E-state index is 12.9. The molecular formula is C23H27B17ClINO4. The topological polar surface area (TPSA) is 44.8 Å². The van der Waals surface area contributed by atoms with Crippen molar-refractivity contribution in [1.29, 1.82) is 0 Å². The van der Waals surface area contributed by atoms with E-state index in [-0.39, 0.29) is 42.6 Å². The number of nitrogens with zero attached hydrogens (tertiary/aromatic N) is 1. The number of methoxy groups -OCH3 is 1. The van der Waals surface area contributed by atoms with Crippen molar-refractivity contribution in [1.82, 2.24) is 0 Å². The van der Waals surface area contributed by atoms with Crippen LogP contribution < -0.4 is 38.2 Å². The van der Waals surface area contributed by atoms with E-state index in [1.54, 1.807) is 7.11 Å². The van der Waals surface area contributed by atoms with E-state index in [1.807, 2.05) is 24.3 Å². The Morgan fingerprint density at radius 3 is 2.09 bits per heavy atom. The molecule has 0 saturated carbocycles. The van der Waals surface area contributed by atoms with Crippen LogP contribution in [0.25, 0.3) is 0 Å². The second-order valence-electron chi connectivity index (χ2n) is 12.6. The first-order valence-electron chi connectivity index (χ1n) is 15.3. The molecule has 2 aliphatic heterocycles. The molecule has 213 valence electrons. The number of carbonyl (C=O) groups excluding carboxylic acids is 1. The Morgan fingerprint density at radius 1 is 0.979 bits per heavy atom. The van der Waals surface area contributed by atoms with Crippen molar-refractivity contribution < 1.29 is 47.5 Å². The fourth-order valence-corrected chi connectivity index (χ4v) is 6.55. The lowest BCUT2D eigenvalue weighted by molar-refractivity contribution is -0.922. The van der Waals surface area contributed by atoms with Crippen molar-refractivity contribution in [2.45, 2.75) is 31.7 Å². The van der Waals surface area contributed by atoms with Gasteiger partial charge in [0.15, 0.2) is 11.5 Å². The lowest BCUT2D eigenvalue weighted by atomic mass is 8.43. The second-order valence-corrected chi connectivity index (χ2v) is 13.0. The number of quaternary nitrogens is 1. The highest BCUT2D eigenvalue weighted by molar-refractivity contribution is 8.15. The quantitative estimate of drug-likeness (QED) is 0.118. The zero-order valence-electron chi connectivity index (χ0n) is 27.4. The first-order valence-corrected chi connectivity index (χ1v) is 15.7. The predicted molar refractivity (Wildman–Crippen MR) is 210 cm³/mol. The predicted octanol–water partition coefficient (Wildman–Crippen LogP) is -5.13. The summed E-state index contributed by atoms with van der Waals surface area (Å²) in [6.45, 7) is 1.17. The van der Waals surface area contributed by atoms with Gasteiger partial charge in [-0.25, -0.2) is 0 Å². The lowest BCUT2D eigenvalue weighted by Gasteiger charge is -2.43. The number of Topliss-reactive ketones (excluding diaryl/α,β-unsaturated/α-hetero) is 1. The average Bonchev–Trinajstić information content (AvgIpc) is 3.45. The number of likely N-dealkylation sites (N-methyl/N-ethyl adjacent to an activating group) is 1. The van der Waals surface area contributed by atoms with Gasteiger partial charge in [-0.3, -0.25) is 4.79 Å². The molecule has 19 radical (unpaired) electrons. The molecule has 0 aromatic heterocycles. The fraction of sp³-hybridized carbons (Fsp3) is 0.435. The summed E-state index contributed by atoms with van der Waals surface area (Å²) < 4.78 is 17.8. The van der Waals surface area contributed by atoms with E-state index < -0.39 is 44.7 Å². The molecule has 2 aliphatic rings. The lowest BCUT2D eigenvalue weighted by Crippen LogP contribution is -3.00. The number of ketones is 1. The molecule has 24 heteroatoms. The number of aryl methyl sites for hydroxylation is 1. The SMILES string of the molecule is COc1c2c(cc3c1C(CC(=O)CCc1ccc(Cl)cc1)[N+](C)(C)CC3)OCO2.[B][B]B(B([B])[B])B(B([B])[B])B(B([B])[B])B([B])[B].[I-]. The molecule has 0 N–H and O–H groups in total. The van der Waals surface area contributed by atoms with Gasteiger partial charge in [-0.1, -0.05) is 23.7 Å². The van der Waals surface area contributed by atoms with E-state index in [0.29, 0.717) is 23.6 Å². The molecule has 0 amide bonds. The third kappa shape index (κ3) is 11.0. The number of benzene rings is 2. The molecule has 2 aromatic carbocycles. The summed E-state index contributed by atoms with van der Waals surface area (Å²) in [5.74, 6) is 2.37. The monoisotopic (exact) mass is 730 g/mol.